The molecule has 5 heteroatoms. The molecule has 184 valence electrons. The summed E-state index contributed by atoms with van der Waals surface area (Å²) < 4.78 is 0. The molecule has 2 aromatic heterocycles. The first-order chi connectivity index (χ1) is 17.7. The standard InChI is InChI=1S/C31H35N5/c1-3-19-35(20-4-2)21-24-14-16-25(17-15-24)22-36(23-30-33-27-11-5-6-12-28(27)34-30)29-13-7-9-26-10-8-18-32-31(26)29/h3-6,8,10-12,14-18,29H,1-2,7,9,13,19-23H2,(H,33,34). The summed E-state index contributed by atoms with van der Waals surface area (Å²) in [7, 11) is 0. The smallest absolute Gasteiger partial charge is 0.121 e. The van der Waals surface area contributed by atoms with E-state index >= 15 is 0 Å². The van der Waals surface area contributed by atoms with Crippen molar-refractivity contribution in [2.45, 2.75) is 44.9 Å². The number of H-pyrrole nitrogens is 1. The molecule has 2 heterocycles. The predicted octanol–water partition coefficient (Wildman–Crippen LogP) is 6.21. The van der Waals surface area contributed by atoms with E-state index in [2.05, 4.69) is 82.5 Å². The lowest BCUT2D eigenvalue weighted by Crippen LogP contribution is -2.31. The van der Waals surface area contributed by atoms with Gasteiger partial charge >= 0.3 is 0 Å². The normalized spacial score (nSPS) is 15.3. The van der Waals surface area contributed by atoms with Crippen LogP contribution in [0.4, 0.5) is 0 Å². The highest BCUT2D eigenvalue weighted by Gasteiger charge is 2.28. The van der Waals surface area contributed by atoms with Crippen LogP contribution in [0.1, 0.15) is 47.1 Å². The first-order valence-electron chi connectivity index (χ1n) is 12.9. The van der Waals surface area contributed by atoms with E-state index in [1.54, 1.807) is 0 Å². The Bertz CT molecular complexity index is 1260. The maximum absolute atomic E-state index is 4.89. The topological polar surface area (TPSA) is 48.0 Å². The van der Waals surface area contributed by atoms with Gasteiger partial charge in [-0.2, -0.15) is 0 Å². The van der Waals surface area contributed by atoms with E-state index in [4.69, 9.17) is 9.97 Å². The molecule has 36 heavy (non-hydrogen) atoms. The van der Waals surface area contributed by atoms with Gasteiger partial charge in [-0.05, 0) is 54.2 Å². The Morgan fingerprint density at radius 1 is 0.889 bits per heavy atom. The maximum Gasteiger partial charge on any atom is 0.121 e. The van der Waals surface area contributed by atoms with Crippen LogP contribution in [-0.4, -0.2) is 37.8 Å². The van der Waals surface area contributed by atoms with Crippen LogP contribution in [0.3, 0.4) is 0 Å². The second-order valence-corrected chi connectivity index (χ2v) is 9.65. The minimum Gasteiger partial charge on any atom is -0.341 e. The van der Waals surface area contributed by atoms with Crippen molar-refractivity contribution in [3.8, 4) is 0 Å². The van der Waals surface area contributed by atoms with Crippen LogP contribution in [0.25, 0.3) is 11.0 Å². The zero-order valence-electron chi connectivity index (χ0n) is 20.9. The van der Waals surface area contributed by atoms with E-state index in [0.29, 0.717) is 0 Å². The molecule has 1 aliphatic rings. The Kier molecular flexibility index (Phi) is 7.70. The molecule has 1 unspecified atom stereocenters. The summed E-state index contributed by atoms with van der Waals surface area (Å²) in [5.74, 6) is 1.00. The van der Waals surface area contributed by atoms with Gasteiger partial charge < -0.3 is 4.98 Å². The molecule has 0 radical (unpaired) electrons. The van der Waals surface area contributed by atoms with Gasteiger partial charge in [-0.15, -0.1) is 13.2 Å². The third-order valence-corrected chi connectivity index (χ3v) is 6.99. The summed E-state index contributed by atoms with van der Waals surface area (Å²) in [5.41, 5.74) is 7.31. The monoisotopic (exact) mass is 477 g/mol. The third kappa shape index (κ3) is 5.64. The number of fused-ring (bicyclic) bond motifs is 2. The third-order valence-electron chi connectivity index (χ3n) is 6.99. The zero-order chi connectivity index (χ0) is 24.7. The van der Waals surface area contributed by atoms with Crippen LogP contribution < -0.4 is 0 Å². The Labute approximate surface area is 214 Å². The SMILES string of the molecule is C=CCN(CC=C)Cc1ccc(CN(Cc2nc3ccccc3[nH]2)C2CCCc3cccnc32)cc1. The predicted molar refractivity (Wildman–Crippen MR) is 147 cm³/mol. The first kappa shape index (κ1) is 24.2. The highest BCUT2D eigenvalue weighted by atomic mass is 15.2. The number of hydrogen-bond acceptors (Lipinski definition) is 4. The van der Waals surface area contributed by atoms with Crippen LogP contribution in [0.5, 0.6) is 0 Å². The molecule has 5 rings (SSSR count). The molecule has 0 saturated carbocycles. The number of rotatable bonds is 11. The van der Waals surface area contributed by atoms with Crippen molar-refractivity contribution in [1.82, 2.24) is 24.8 Å². The molecule has 0 aliphatic heterocycles. The fourth-order valence-corrected chi connectivity index (χ4v) is 5.30. The van der Waals surface area contributed by atoms with Gasteiger partial charge in [-0.25, -0.2) is 4.98 Å². The van der Waals surface area contributed by atoms with Gasteiger partial charge in [-0.1, -0.05) is 54.6 Å². The van der Waals surface area contributed by atoms with Crippen molar-refractivity contribution in [1.29, 1.82) is 0 Å². The van der Waals surface area contributed by atoms with Crippen molar-refractivity contribution in [3.63, 3.8) is 0 Å². The molecule has 0 spiro atoms. The Hall–Kier alpha value is -3.54. The number of nitrogens with one attached hydrogen (secondary N) is 1. The van der Waals surface area contributed by atoms with Crippen LogP contribution in [0, 0.1) is 0 Å². The second-order valence-electron chi connectivity index (χ2n) is 9.65. The number of nitrogens with zero attached hydrogens (tertiary/aromatic N) is 4. The van der Waals surface area contributed by atoms with Crippen molar-refractivity contribution in [2.24, 2.45) is 0 Å². The van der Waals surface area contributed by atoms with E-state index in [0.717, 1.165) is 62.4 Å². The Balaban J connectivity index is 1.39. The quantitative estimate of drug-likeness (QED) is 0.261. The number of pyridine rings is 1. The summed E-state index contributed by atoms with van der Waals surface area (Å²) in [6.07, 6.45) is 9.23. The van der Waals surface area contributed by atoms with Gasteiger partial charge in [0.25, 0.3) is 0 Å². The molecule has 1 N–H and O–H groups in total. The number of aryl methyl sites for hydroxylation is 1. The van der Waals surface area contributed by atoms with Crippen LogP contribution >= 0.6 is 0 Å². The molecule has 4 aromatic rings. The molecule has 0 fully saturated rings. The molecule has 0 saturated heterocycles. The summed E-state index contributed by atoms with van der Waals surface area (Å²) in [4.78, 5) is 18.1. The molecule has 1 aliphatic carbocycles. The van der Waals surface area contributed by atoms with Crippen LogP contribution in [-0.2, 0) is 26.1 Å². The number of aromatic amines is 1. The van der Waals surface area contributed by atoms with E-state index in [1.165, 1.54) is 28.8 Å². The lowest BCUT2D eigenvalue weighted by Gasteiger charge is -2.34. The van der Waals surface area contributed by atoms with Gasteiger partial charge in [0.1, 0.15) is 5.82 Å². The van der Waals surface area contributed by atoms with Gasteiger partial charge in [0.15, 0.2) is 0 Å². The molecule has 2 aromatic carbocycles. The Morgan fingerprint density at radius 3 is 2.39 bits per heavy atom. The molecular weight excluding hydrogens is 442 g/mol. The van der Waals surface area contributed by atoms with Crippen molar-refractivity contribution in [2.75, 3.05) is 13.1 Å². The van der Waals surface area contributed by atoms with Crippen molar-refractivity contribution >= 4 is 11.0 Å². The summed E-state index contributed by atoms with van der Waals surface area (Å²) in [6.45, 7) is 12.0. The Morgan fingerprint density at radius 2 is 1.64 bits per heavy atom. The minimum absolute atomic E-state index is 0.276. The van der Waals surface area contributed by atoms with Gasteiger partial charge in [-0.3, -0.25) is 14.8 Å². The first-order valence-corrected chi connectivity index (χ1v) is 12.9. The van der Waals surface area contributed by atoms with Gasteiger partial charge in [0.05, 0.1) is 29.3 Å². The summed E-state index contributed by atoms with van der Waals surface area (Å²) in [5, 5.41) is 0. The highest BCUT2D eigenvalue weighted by molar-refractivity contribution is 5.74. The fourth-order valence-electron chi connectivity index (χ4n) is 5.30. The van der Waals surface area contributed by atoms with Crippen LogP contribution in [0.2, 0.25) is 0 Å². The number of aromatic nitrogens is 3. The molecule has 0 amide bonds. The van der Waals surface area contributed by atoms with Gasteiger partial charge in [0.2, 0.25) is 0 Å². The molecule has 0 bridgehead atoms. The lowest BCUT2D eigenvalue weighted by atomic mass is 9.90. The number of para-hydroxylation sites is 2. The van der Waals surface area contributed by atoms with E-state index < -0.39 is 0 Å². The zero-order valence-corrected chi connectivity index (χ0v) is 20.9. The minimum atomic E-state index is 0.276. The summed E-state index contributed by atoms with van der Waals surface area (Å²) >= 11 is 0. The van der Waals surface area contributed by atoms with Crippen molar-refractivity contribution in [3.05, 3.63) is 120 Å². The van der Waals surface area contributed by atoms with E-state index in [1.807, 2.05) is 24.4 Å². The molecule has 5 nitrogen and oxygen atoms in total. The second kappa shape index (κ2) is 11.5. The lowest BCUT2D eigenvalue weighted by molar-refractivity contribution is 0.153. The van der Waals surface area contributed by atoms with Gasteiger partial charge in [0, 0.05) is 32.4 Å². The average molecular weight is 478 g/mol. The number of imidazole rings is 1. The maximum atomic E-state index is 4.89. The molecule has 1 atom stereocenters. The molecular formula is C31H35N5. The number of benzene rings is 2. The fraction of sp³-hybridized carbons (Fsp3) is 0.290. The largest absolute Gasteiger partial charge is 0.341 e. The van der Waals surface area contributed by atoms with Crippen LogP contribution in [0.15, 0.2) is 92.2 Å². The summed E-state index contributed by atoms with van der Waals surface area (Å²) in [6, 6.07) is 21.9. The average Bonchev–Trinajstić information content (AvgIpc) is 3.32. The number of hydrogen-bond donors (Lipinski definition) is 1. The van der Waals surface area contributed by atoms with E-state index in [9.17, 15) is 0 Å². The highest BCUT2D eigenvalue weighted by Crippen LogP contribution is 2.34. The van der Waals surface area contributed by atoms with E-state index in [-0.39, 0.29) is 6.04 Å². The van der Waals surface area contributed by atoms with Crippen molar-refractivity contribution < 1.29 is 0 Å².